The molecule has 1 fully saturated rings. The van der Waals surface area contributed by atoms with E-state index in [2.05, 4.69) is 37.4 Å². The van der Waals surface area contributed by atoms with Gasteiger partial charge in [0, 0.05) is 30.7 Å². The molecule has 0 radical (unpaired) electrons. The van der Waals surface area contributed by atoms with Gasteiger partial charge in [0.05, 0.1) is 5.56 Å². The molecule has 0 atom stereocenters. The van der Waals surface area contributed by atoms with E-state index in [1.54, 1.807) is 18.3 Å². The number of hydrogen-bond acceptors (Lipinski definition) is 5. The molecule has 1 aliphatic heterocycles. The first-order chi connectivity index (χ1) is 12.8. The average Bonchev–Trinajstić information content (AvgIpc) is 3.24. The Balaban J connectivity index is 1.50. The van der Waals surface area contributed by atoms with Crippen LogP contribution in [0.3, 0.4) is 0 Å². The van der Waals surface area contributed by atoms with Crippen molar-refractivity contribution in [3.05, 3.63) is 60.8 Å². The number of anilines is 2. The van der Waals surface area contributed by atoms with Crippen LogP contribution in [0.1, 0.15) is 29.6 Å². The third-order valence-electron chi connectivity index (χ3n) is 4.51. The van der Waals surface area contributed by atoms with Crippen LogP contribution in [0, 0.1) is 0 Å². The maximum absolute atomic E-state index is 12.7. The molecule has 7 nitrogen and oxygen atoms in total. The minimum atomic E-state index is -0.227. The molecule has 2 aromatic heterocycles. The minimum Gasteiger partial charge on any atom is -0.372 e. The van der Waals surface area contributed by atoms with E-state index in [0.717, 1.165) is 18.8 Å². The van der Waals surface area contributed by atoms with Crippen molar-refractivity contribution < 1.29 is 4.79 Å². The molecule has 1 aliphatic rings. The fourth-order valence-corrected chi connectivity index (χ4v) is 3.18. The summed E-state index contributed by atoms with van der Waals surface area (Å²) in [6, 6.07) is 11.4. The summed E-state index contributed by atoms with van der Waals surface area (Å²) in [4.78, 5) is 23.2. The lowest BCUT2D eigenvalue weighted by Crippen LogP contribution is -2.29. The van der Waals surface area contributed by atoms with Gasteiger partial charge in [0.15, 0.2) is 5.82 Å². The monoisotopic (exact) mass is 348 g/mol. The predicted octanol–water partition coefficient (Wildman–Crippen LogP) is 2.90. The van der Waals surface area contributed by atoms with Crippen molar-refractivity contribution in [3.8, 4) is 5.82 Å². The Hall–Kier alpha value is -3.22. The van der Waals surface area contributed by atoms with Gasteiger partial charge < -0.3 is 10.2 Å². The number of aromatic nitrogens is 4. The fourth-order valence-electron chi connectivity index (χ4n) is 3.18. The molecule has 3 aromatic rings. The van der Waals surface area contributed by atoms with Gasteiger partial charge in [-0.1, -0.05) is 0 Å². The standard InChI is InChI=1S/C19H20N6O/c26-19(17-5-4-10-21-18(17)25-14-20-13-22-25)23-15-6-8-16(9-7-15)24-11-2-1-3-12-24/h4-10,13-14H,1-3,11-12H2,(H,23,26). The highest BCUT2D eigenvalue weighted by atomic mass is 16.1. The second kappa shape index (κ2) is 7.35. The van der Waals surface area contributed by atoms with Crippen molar-refractivity contribution in [1.82, 2.24) is 19.7 Å². The van der Waals surface area contributed by atoms with E-state index in [9.17, 15) is 4.79 Å². The molecular formula is C19H20N6O. The zero-order chi connectivity index (χ0) is 17.8. The number of carbonyl (C=O) groups excluding carboxylic acids is 1. The first-order valence-corrected chi connectivity index (χ1v) is 8.78. The molecule has 3 heterocycles. The van der Waals surface area contributed by atoms with Crippen molar-refractivity contribution in [2.24, 2.45) is 0 Å². The average molecular weight is 348 g/mol. The van der Waals surface area contributed by atoms with Crippen LogP contribution in [0.15, 0.2) is 55.2 Å². The molecule has 26 heavy (non-hydrogen) atoms. The maximum Gasteiger partial charge on any atom is 0.259 e. The van der Waals surface area contributed by atoms with Crippen LogP contribution in [-0.2, 0) is 0 Å². The van der Waals surface area contributed by atoms with Gasteiger partial charge in [-0.25, -0.2) is 14.6 Å². The molecule has 1 saturated heterocycles. The number of amides is 1. The first-order valence-electron chi connectivity index (χ1n) is 8.78. The van der Waals surface area contributed by atoms with Crippen LogP contribution in [0.4, 0.5) is 11.4 Å². The van der Waals surface area contributed by atoms with Gasteiger partial charge in [-0.05, 0) is 55.7 Å². The van der Waals surface area contributed by atoms with Crippen LogP contribution in [0.25, 0.3) is 5.82 Å². The summed E-state index contributed by atoms with van der Waals surface area (Å²) < 4.78 is 1.48. The van der Waals surface area contributed by atoms with Crippen molar-refractivity contribution in [1.29, 1.82) is 0 Å². The molecule has 0 bridgehead atoms. The number of benzene rings is 1. The molecule has 1 aromatic carbocycles. The highest BCUT2D eigenvalue weighted by Gasteiger charge is 2.15. The summed E-state index contributed by atoms with van der Waals surface area (Å²) in [5.41, 5.74) is 2.40. The summed E-state index contributed by atoms with van der Waals surface area (Å²) in [6.07, 6.45) is 8.35. The lowest BCUT2D eigenvalue weighted by Gasteiger charge is -2.28. The third kappa shape index (κ3) is 3.42. The maximum atomic E-state index is 12.7. The number of nitrogens with one attached hydrogen (secondary N) is 1. The summed E-state index contributed by atoms with van der Waals surface area (Å²) >= 11 is 0. The second-order valence-corrected chi connectivity index (χ2v) is 6.26. The summed E-state index contributed by atoms with van der Waals surface area (Å²) in [6.45, 7) is 2.20. The number of pyridine rings is 1. The lowest BCUT2D eigenvalue weighted by molar-refractivity contribution is 0.102. The zero-order valence-electron chi connectivity index (χ0n) is 14.4. The topological polar surface area (TPSA) is 75.9 Å². The lowest BCUT2D eigenvalue weighted by atomic mass is 10.1. The molecule has 132 valence electrons. The molecule has 0 aliphatic carbocycles. The van der Waals surface area contributed by atoms with E-state index in [4.69, 9.17) is 0 Å². The van der Waals surface area contributed by atoms with Crippen LogP contribution in [0.5, 0.6) is 0 Å². The van der Waals surface area contributed by atoms with E-state index in [-0.39, 0.29) is 5.91 Å². The SMILES string of the molecule is O=C(Nc1ccc(N2CCCCC2)cc1)c1cccnc1-n1cncn1. The highest BCUT2D eigenvalue weighted by Crippen LogP contribution is 2.22. The van der Waals surface area contributed by atoms with E-state index in [0.29, 0.717) is 11.4 Å². The third-order valence-corrected chi connectivity index (χ3v) is 4.51. The fraction of sp³-hybridized carbons (Fsp3) is 0.263. The molecular weight excluding hydrogens is 328 g/mol. The summed E-state index contributed by atoms with van der Waals surface area (Å²) in [5.74, 6) is 0.224. The number of rotatable bonds is 4. The van der Waals surface area contributed by atoms with Crippen LogP contribution in [-0.4, -0.2) is 38.7 Å². The normalized spacial score (nSPS) is 14.2. The van der Waals surface area contributed by atoms with E-state index < -0.39 is 0 Å². The minimum absolute atomic E-state index is 0.227. The molecule has 0 spiro atoms. The predicted molar refractivity (Wildman–Crippen MR) is 99.6 cm³/mol. The van der Waals surface area contributed by atoms with Gasteiger partial charge in [-0.2, -0.15) is 5.10 Å². The van der Waals surface area contributed by atoms with Gasteiger partial charge in [-0.3, -0.25) is 4.79 Å². The smallest absolute Gasteiger partial charge is 0.259 e. The Morgan fingerprint density at radius 1 is 1.04 bits per heavy atom. The molecule has 4 rings (SSSR count). The number of piperidine rings is 1. The van der Waals surface area contributed by atoms with Crippen molar-refractivity contribution in [3.63, 3.8) is 0 Å². The van der Waals surface area contributed by atoms with E-state index >= 15 is 0 Å². The molecule has 7 heteroatoms. The second-order valence-electron chi connectivity index (χ2n) is 6.26. The van der Waals surface area contributed by atoms with Crippen LogP contribution < -0.4 is 10.2 Å². The van der Waals surface area contributed by atoms with E-state index in [1.807, 2.05) is 12.1 Å². The molecule has 1 amide bonds. The number of hydrogen-bond donors (Lipinski definition) is 1. The van der Waals surface area contributed by atoms with Crippen molar-refractivity contribution >= 4 is 17.3 Å². The Kier molecular flexibility index (Phi) is 4.59. The zero-order valence-corrected chi connectivity index (χ0v) is 14.4. The van der Waals surface area contributed by atoms with Gasteiger partial charge >= 0.3 is 0 Å². The first kappa shape index (κ1) is 16.3. The molecule has 0 unspecified atom stereocenters. The van der Waals surface area contributed by atoms with Gasteiger partial charge in [0.2, 0.25) is 0 Å². The van der Waals surface area contributed by atoms with Gasteiger partial charge in [0.1, 0.15) is 12.7 Å². The Bertz CT molecular complexity index is 869. The number of carbonyl (C=O) groups is 1. The van der Waals surface area contributed by atoms with E-state index in [1.165, 1.54) is 42.3 Å². The van der Waals surface area contributed by atoms with Gasteiger partial charge in [0.25, 0.3) is 5.91 Å². The van der Waals surface area contributed by atoms with Crippen molar-refractivity contribution in [2.45, 2.75) is 19.3 Å². The molecule has 0 saturated carbocycles. The van der Waals surface area contributed by atoms with Crippen LogP contribution in [0.2, 0.25) is 0 Å². The van der Waals surface area contributed by atoms with Crippen molar-refractivity contribution in [2.75, 3.05) is 23.3 Å². The Morgan fingerprint density at radius 3 is 2.58 bits per heavy atom. The summed E-state index contributed by atoms with van der Waals surface area (Å²) in [7, 11) is 0. The summed E-state index contributed by atoms with van der Waals surface area (Å²) in [5, 5.41) is 6.99. The highest BCUT2D eigenvalue weighted by molar-refractivity contribution is 6.06. The van der Waals surface area contributed by atoms with Crippen LogP contribution >= 0.6 is 0 Å². The number of nitrogens with zero attached hydrogens (tertiary/aromatic N) is 5. The van der Waals surface area contributed by atoms with Gasteiger partial charge in [-0.15, -0.1) is 0 Å². The molecule has 1 N–H and O–H groups in total. The Labute approximate surface area is 151 Å². The quantitative estimate of drug-likeness (QED) is 0.784. The Morgan fingerprint density at radius 2 is 1.85 bits per heavy atom. The largest absolute Gasteiger partial charge is 0.372 e.